The Balaban J connectivity index is 1.68. The molecule has 0 fully saturated rings. The monoisotopic (exact) mass is 368 g/mol. The number of rotatable bonds is 7. The largest absolute Gasteiger partial charge is 0.385 e. The molecule has 0 radical (unpaired) electrons. The maximum atomic E-state index is 14.1. The number of fused-ring (bicyclic) bond motifs is 1. The maximum Gasteiger partial charge on any atom is 0.257 e. The van der Waals surface area contributed by atoms with Gasteiger partial charge in [-0.3, -0.25) is 4.79 Å². The van der Waals surface area contributed by atoms with E-state index in [0.29, 0.717) is 16.8 Å². The lowest BCUT2D eigenvalue weighted by molar-refractivity contribution is -0.110. The predicted molar refractivity (Wildman–Crippen MR) is 109 cm³/mol. The number of carbonyl (C=O) groups excluding carboxylic acids is 1. The van der Waals surface area contributed by atoms with Crippen LogP contribution < -0.4 is 16.0 Å². The molecule has 0 unspecified atom stereocenters. The van der Waals surface area contributed by atoms with Crippen LogP contribution in [0.25, 0.3) is 5.57 Å². The minimum atomic E-state index is -0.410. The molecule has 1 amide bonds. The molecule has 2 aromatic carbocycles. The summed E-state index contributed by atoms with van der Waals surface area (Å²) in [6.45, 7) is 3.98. The van der Waals surface area contributed by atoms with Crippen LogP contribution in [-0.2, 0) is 4.79 Å². The van der Waals surface area contributed by atoms with Crippen LogP contribution in [0, 0.1) is 12.7 Å². The van der Waals surface area contributed by atoms with E-state index in [1.807, 2.05) is 25.1 Å². The van der Waals surface area contributed by atoms with Gasteiger partial charge in [0.25, 0.3) is 5.91 Å². The Morgan fingerprint density at radius 1 is 1.22 bits per heavy atom. The van der Waals surface area contributed by atoms with Crippen molar-refractivity contribution in [3.05, 3.63) is 59.5 Å². The quantitative estimate of drug-likeness (QED) is 0.512. The fourth-order valence-corrected chi connectivity index (χ4v) is 3.07. The third kappa shape index (κ3) is 4.46. The van der Waals surface area contributed by atoms with E-state index in [0.717, 1.165) is 36.4 Å². The number of aryl methyl sites for hydroxylation is 1. The second kappa shape index (κ2) is 8.22. The summed E-state index contributed by atoms with van der Waals surface area (Å²) in [4.78, 5) is 14.3. The Hall–Kier alpha value is -2.86. The summed E-state index contributed by atoms with van der Waals surface area (Å²) in [5.74, 6) is -0.717. The normalized spacial score (nSPS) is 14.4. The van der Waals surface area contributed by atoms with E-state index in [2.05, 4.69) is 34.9 Å². The lowest BCUT2D eigenvalue weighted by atomic mass is 10.1. The molecule has 3 rings (SSSR count). The Kier molecular flexibility index (Phi) is 5.76. The Morgan fingerprint density at radius 2 is 2.04 bits per heavy atom. The standard InChI is InChI=1S/C21H25FN4O/c1-14-12-15(8-9-18(14)23-10-5-11-26(2)3)24-13-16-20-17(22)6-4-7-19(20)25-21(16)27/h4,6-9,12-13,23-24H,5,10-11H2,1-3H3,(H,25,27)/b16-13-. The van der Waals surface area contributed by atoms with Gasteiger partial charge in [0.05, 0.1) is 11.3 Å². The summed E-state index contributed by atoms with van der Waals surface area (Å²) < 4.78 is 14.1. The number of carbonyl (C=O) groups is 1. The molecule has 6 heteroatoms. The molecule has 0 spiro atoms. The summed E-state index contributed by atoms with van der Waals surface area (Å²) in [6.07, 6.45) is 2.63. The molecule has 0 atom stereocenters. The summed E-state index contributed by atoms with van der Waals surface area (Å²) in [5, 5.41) is 9.23. The van der Waals surface area contributed by atoms with Gasteiger partial charge in [-0.25, -0.2) is 4.39 Å². The van der Waals surface area contributed by atoms with Gasteiger partial charge in [-0.15, -0.1) is 0 Å². The third-order valence-electron chi connectivity index (χ3n) is 4.48. The number of anilines is 3. The van der Waals surface area contributed by atoms with E-state index in [1.165, 1.54) is 6.07 Å². The van der Waals surface area contributed by atoms with Gasteiger partial charge in [-0.1, -0.05) is 6.07 Å². The lowest BCUT2D eigenvalue weighted by Crippen LogP contribution is -2.16. The second-order valence-electron chi connectivity index (χ2n) is 6.93. The van der Waals surface area contributed by atoms with E-state index in [1.54, 1.807) is 18.3 Å². The molecule has 5 nitrogen and oxygen atoms in total. The summed E-state index contributed by atoms with van der Waals surface area (Å²) in [6, 6.07) is 10.6. The van der Waals surface area contributed by atoms with Gasteiger partial charge in [0.1, 0.15) is 5.82 Å². The number of benzene rings is 2. The molecule has 3 N–H and O–H groups in total. The van der Waals surface area contributed by atoms with Crippen molar-refractivity contribution < 1.29 is 9.18 Å². The zero-order chi connectivity index (χ0) is 19.4. The van der Waals surface area contributed by atoms with Crippen LogP contribution in [0.5, 0.6) is 0 Å². The van der Waals surface area contributed by atoms with Gasteiger partial charge < -0.3 is 20.9 Å². The van der Waals surface area contributed by atoms with Crippen LogP contribution in [0.15, 0.2) is 42.6 Å². The zero-order valence-electron chi connectivity index (χ0n) is 15.9. The molecule has 142 valence electrons. The average molecular weight is 368 g/mol. The summed E-state index contributed by atoms with van der Waals surface area (Å²) in [5.41, 5.74) is 4.14. The van der Waals surface area contributed by atoms with Gasteiger partial charge in [0, 0.05) is 29.7 Å². The second-order valence-corrected chi connectivity index (χ2v) is 6.93. The van der Waals surface area contributed by atoms with Crippen molar-refractivity contribution in [2.45, 2.75) is 13.3 Å². The van der Waals surface area contributed by atoms with Crippen molar-refractivity contribution >= 4 is 28.5 Å². The van der Waals surface area contributed by atoms with Gasteiger partial charge in [0.2, 0.25) is 0 Å². The Morgan fingerprint density at radius 3 is 2.78 bits per heavy atom. The van der Waals surface area contributed by atoms with Crippen LogP contribution in [0.4, 0.5) is 21.5 Å². The summed E-state index contributed by atoms with van der Waals surface area (Å²) >= 11 is 0. The smallest absolute Gasteiger partial charge is 0.257 e. The molecule has 1 aliphatic heterocycles. The molecule has 2 aromatic rings. The molecule has 1 heterocycles. The fourth-order valence-electron chi connectivity index (χ4n) is 3.07. The number of amides is 1. The SMILES string of the molecule is Cc1cc(N/C=C2\C(=O)Nc3cccc(F)c32)ccc1NCCCN(C)C. The van der Waals surface area contributed by atoms with E-state index in [9.17, 15) is 9.18 Å². The minimum Gasteiger partial charge on any atom is -0.385 e. The van der Waals surface area contributed by atoms with E-state index >= 15 is 0 Å². The van der Waals surface area contributed by atoms with Gasteiger partial charge in [-0.05, 0) is 69.9 Å². The highest BCUT2D eigenvalue weighted by atomic mass is 19.1. The van der Waals surface area contributed by atoms with Crippen molar-refractivity contribution in [3.8, 4) is 0 Å². The first kappa shape index (κ1) is 18.9. The first-order valence-corrected chi connectivity index (χ1v) is 9.02. The van der Waals surface area contributed by atoms with Crippen molar-refractivity contribution in [1.82, 2.24) is 4.90 Å². The number of hydrogen-bond acceptors (Lipinski definition) is 4. The van der Waals surface area contributed by atoms with Crippen LogP contribution in [-0.4, -0.2) is 38.0 Å². The highest BCUT2D eigenvalue weighted by Crippen LogP contribution is 2.33. The van der Waals surface area contributed by atoms with Crippen LogP contribution in [0.1, 0.15) is 17.5 Å². The van der Waals surface area contributed by atoms with Crippen LogP contribution >= 0.6 is 0 Å². The number of nitrogens with zero attached hydrogens (tertiary/aromatic N) is 1. The molecule has 0 saturated carbocycles. The molecular formula is C21H25FN4O. The van der Waals surface area contributed by atoms with Crippen molar-refractivity contribution in [2.24, 2.45) is 0 Å². The van der Waals surface area contributed by atoms with Crippen LogP contribution in [0.2, 0.25) is 0 Å². The van der Waals surface area contributed by atoms with E-state index in [4.69, 9.17) is 0 Å². The molecular weight excluding hydrogens is 343 g/mol. The van der Waals surface area contributed by atoms with Crippen molar-refractivity contribution in [3.63, 3.8) is 0 Å². The molecule has 1 aliphatic rings. The highest BCUT2D eigenvalue weighted by molar-refractivity contribution is 6.31. The Labute approximate surface area is 159 Å². The van der Waals surface area contributed by atoms with Crippen molar-refractivity contribution in [2.75, 3.05) is 43.1 Å². The van der Waals surface area contributed by atoms with Crippen molar-refractivity contribution in [1.29, 1.82) is 0 Å². The first-order chi connectivity index (χ1) is 13.0. The van der Waals surface area contributed by atoms with E-state index < -0.39 is 5.82 Å². The fraction of sp³-hybridized carbons (Fsp3) is 0.286. The van der Waals surface area contributed by atoms with Gasteiger partial charge in [0.15, 0.2) is 0 Å². The zero-order valence-corrected chi connectivity index (χ0v) is 15.9. The molecule has 27 heavy (non-hydrogen) atoms. The van der Waals surface area contributed by atoms with E-state index in [-0.39, 0.29) is 5.91 Å². The van der Waals surface area contributed by atoms with Gasteiger partial charge in [-0.2, -0.15) is 0 Å². The minimum absolute atomic E-state index is 0.298. The molecule has 0 bridgehead atoms. The topological polar surface area (TPSA) is 56.4 Å². The number of halogens is 1. The predicted octanol–water partition coefficient (Wildman–Crippen LogP) is 3.90. The molecule has 0 aromatic heterocycles. The summed E-state index contributed by atoms with van der Waals surface area (Å²) in [7, 11) is 4.13. The average Bonchev–Trinajstić information content (AvgIpc) is 2.94. The molecule has 0 aliphatic carbocycles. The maximum absolute atomic E-state index is 14.1. The molecule has 0 saturated heterocycles. The van der Waals surface area contributed by atoms with Crippen LogP contribution in [0.3, 0.4) is 0 Å². The number of hydrogen-bond donors (Lipinski definition) is 3. The lowest BCUT2D eigenvalue weighted by Gasteiger charge is -2.13. The first-order valence-electron chi connectivity index (χ1n) is 9.02. The third-order valence-corrected chi connectivity index (χ3v) is 4.48. The Bertz CT molecular complexity index is 876. The number of nitrogens with one attached hydrogen (secondary N) is 3. The van der Waals surface area contributed by atoms with Gasteiger partial charge >= 0.3 is 0 Å². The highest BCUT2D eigenvalue weighted by Gasteiger charge is 2.27.